The summed E-state index contributed by atoms with van der Waals surface area (Å²) >= 11 is 1.79. The van der Waals surface area contributed by atoms with Crippen molar-refractivity contribution in [3.8, 4) is 0 Å². The average Bonchev–Trinajstić information content (AvgIpc) is 2.80. The van der Waals surface area contributed by atoms with E-state index in [1.165, 1.54) is 5.56 Å². The van der Waals surface area contributed by atoms with Crippen molar-refractivity contribution >= 4 is 11.8 Å². The maximum absolute atomic E-state index is 4.26. The lowest BCUT2D eigenvalue weighted by Crippen LogP contribution is -2.04. The van der Waals surface area contributed by atoms with Crippen molar-refractivity contribution in [1.29, 1.82) is 0 Å². The van der Waals surface area contributed by atoms with Gasteiger partial charge in [-0.05, 0) is 25.3 Å². The molecule has 4 heteroatoms. The Morgan fingerprint density at radius 1 is 1.30 bits per heavy atom. The number of benzene rings is 1. The summed E-state index contributed by atoms with van der Waals surface area (Å²) in [6.45, 7) is 8.78. The van der Waals surface area contributed by atoms with Gasteiger partial charge in [0.25, 0.3) is 0 Å². The van der Waals surface area contributed by atoms with Gasteiger partial charge in [0.15, 0.2) is 5.16 Å². The fourth-order valence-corrected chi connectivity index (χ4v) is 3.06. The second-order valence-corrected chi connectivity index (χ2v) is 6.29. The zero-order chi connectivity index (χ0) is 14.4. The Morgan fingerprint density at radius 3 is 2.75 bits per heavy atom. The molecule has 2 aromatic rings. The van der Waals surface area contributed by atoms with E-state index in [4.69, 9.17) is 0 Å². The molecule has 0 bridgehead atoms. The molecule has 0 saturated carbocycles. The van der Waals surface area contributed by atoms with Crippen LogP contribution in [0, 0.1) is 6.92 Å². The minimum atomic E-state index is 0.516. The van der Waals surface area contributed by atoms with E-state index < -0.39 is 0 Å². The molecule has 0 amide bonds. The third kappa shape index (κ3) is 3.97. The maximum atomic E-state index is 4.26. The van der Waals surface area contributed by atoms with Gasteiger partial charge in [0.05, 0.1) is 0 Å². The molecule has 1 aromatic carbocycles. The van der Waals surface area contributed by atoms with Gasteiger partial charge >= 0.3 is 0 Å². The number of aromatic nitrogens is 3. The molecule has 20 heavy (non-hydrogen) atoms. The molecule has 2 rings (SSSR count). The molecule has 0 aliphatic rings. The van der Waals surface area contributed by atoms with Gasteiger partial charge in [-0.2, -0.15) is 0 Å². The predicted octanol–water partition coefficient (Wildman–Crippen LogP) is 3.89. The van der Waals surface area contributed by atoms with Crippen molar-refractivity contribution < 1.29 is 0 Å². The third-order valence-corrected chi connectivity index (χ3v) is 4.35. The lowest BCUT2D eigenvalue weighted by Gasteiger charge is -2.11. The molecule has 0 N–H and O–H groups in total. The van der Waals surface area contributed by atoms with E-state index in [1.54, 1.807) is 11.8 Å². The van der Waals surface area contributed by atoms with Gasteiger partial charge in [-0.15, -0.1) is 16.8 Å². The number of allylic oxidation sites excluding steroid dienone is 1. The lowest BCUT2D eigenvalue weighted by molar-refractivity contribution is 0.698. The molecule has 0 radical (unpaired) electrons. The van der Waals surface area contributed by atoms with Crippen LogP contribution in [0.3, 0.4) is 0 Å². The summed E-state index contributed by atoms with van der Waals surface area (Å²) in [7, 11) is 0. The van der Waals surface area contributed by atoms with E-state index in [0.29, 0.717) is 5.25 Å². The first-order chi connectivity index (χ1) is 9.70. The normalized spacial score (nSPS) is 12.3. The monoisotopic (exact) mass is 287 g/mol. The number of hydrogen-bond donors (Lipinski definition) is 0. The quantitative estimate of drug-likeness (QED) is 0.572. The number of aryl methyl sites for hydroxylation is 2. The lowest BCUT2D eigenvalue weighted by atomic mass is 10.1. The molecule has 0 fully saturated rings. The van der Waals surface area contributed by atoms with Crippen molar-refractivity contribution in [1.82, 2.24) is 14.8 Å². The summed E-state index contributed by atoms with van der Waals surface area (Å²) in [5.74, 6) is 0.947. The SMILES string of the molecule is C=CCn1c(C)nnc1SC(C)CCc1ccccc1. The molecule has 0 aliphatic heterocycles. The van der Waals surface area contributed by atoms with E-state index in [-0.39, 0.29) is 0 Å². The zero-order valence-corrected chi connectivity index (χ0v) is 12.9. The van der Waals surface area contributed by atoms with Crippen LogP contribution in [0.4, 0.5) is 0 Å². The zero-order valence-electron chi connectivity index (χ0n) is 12.1. The molecule has 0 aliphatic carbocycles. The standard InChI is InChI=1S/C16H21N3S/c1-4-12-19-14(3)17-18-16(19)20-13(2)10-11-15-8-6-5-7-9-15/h4-9,13H,1,10-12H2,2-3H3. The Balaban J connectivity index is 1.91. The third-order valence-electron chi connectivity index (χ3n) is 3.20. The molecule has 0 spiro atoms. The van der Waals surface area contributed by atoms with Crippen molar-refractivity contribution in [2.24, 2.45) is 0 Å². The largest absolute Gasteiger partial charge is 0.302 e. The second kappa shape index (κ2) is 7.29. The topological polar surface area (TPSA) is 30.7 Å². The molecule has 1 atom stereocenters. The Hall–Kier alpha value is -1.55. The predicted molar refractivity (Wildman–Crippen MR) is 85.0 cm³/mol. The smallest absolute Gasteiger partial charge is 0.191 e. The van der Waals surface area contributed by atoms with Crippen LogP contribution in [-0.2, 0) is 13.0 Å². The minimum absolute atomic E-state index is 0.516. The van der Waals surface area contributed by atoms with Crippen LogP contribution in [0.5, 0.6) is 0 Å². The molecule has 3 nitrogen and oxygen atoms in total. The van der Waals surface area contributed by atoms with Gasteiger partial charge in [0, 0.05) is 11.8 Å². The first kappa shape index (κ1) is 14.9. The van der Waals surface area contributed by atoms with Gasteiger partial charge in [0.1, 0.15) is 5.82 Å². The molecule has 1 unspecified atom stereocenters. The fraction of sp³-hybridized carbons (Fsp3) is 0.375. The number of nitrogens with zero attached hydrogens (tertiary/aromatic N) is 3. The Morgan fingerprint density at radius 2 is 2.05 bits per heavy atom. The number of thioether (sulfide) groups is 1. The van der Waals surface area contributed by atoms with Gasteiger partial charge in [-0.1, -0.05) is 55.1 Å². The second-order valence-electron chi connectivity index (χ2n) is 4.88. The first-order valence-electron chi connectivity index (χ1n) is 6.92. The molecule has 0 saturated heterocycles. The highest BCUT2D eigenvalue weighted by Crippen LogP contribution is 2.25. The fourth-order valence-electron chi connectivity index (χ4n) is 2.04. The Kier molecular flexibility index (Phi) is 5.41. The van der Waals surface area contributed by atoms with Crippen LogP contribution in [-0.4, -0.2) is 20.0 Å². The van der Waals surface area contributed by atoms with Crippen LogP contribution in [0.15, 0.2) is 48.1 Å². The maximum Gasteiger partial charge on any atom is 0.191 e. The Labute approximate surface area is 125 Å². The van der Waals surface area contributed by atoms with Gasteiger partial charge in [-0.25, -0.2) is 0 Å². The number of hydrogen-bond acceptors (Lipinski definition) is 3. The highest BCUT2D eigenvalue weighted by Gasteiger charge is 2.12. The number of rotatable bonds is 7. The van der Waals surface area contributed by atoms with E-state index in [1.807, 2.05) is 13.0 Å². The average molecular weight is 287 g/mol. The van der Waals surface area contributed by atoms with Gasteiger partial charge < -0.3 is 4.57 Å². The van der Waals surface area contributed by atoms with E-state index in [0.717, 1.165) is 30.4 Å². The molecule has 1 heterocycles. The van der Waals surface area contributed by atoms with Crippen molar-refractivity contribution in [2.45, 2.75) is 43.6 Å². The van der Waals surface area contributed by atoms with Crippen LogP contribution in [0.1, 0.15) is 24.7 Å². The molecule has 1 aromatic heterocycles. The molecular weight excluding hydrogens is 266 g/mol. The van der Waals surface area contributed by atoms with E-state index in [2.05, 4.69) is 58.6 Å². The minimum Gasteiger partial charge on any atom is -0.302 e. The highest BCUT2D eigenvalue weighted by molar-refractivity contribution is 7.99. The highest BCUT2D eigenvalue weighted by atomic mass is 32.2. The Bertz CT molecular complexity index is 548. The first-order valence-corrected chi connectivity index (χ1v) is 7.80. The summed E-state index contributed by atoms with van der Waals surface area (Å²) in [6.07, 6.45) is 4.12. The van der Waals surface area contributed by atoms with E-state index >= 15 is 0 Å². The summed E-state index contributed by atoms with van der Waals surface area (Å²) in [5.41, 5.74) is 1.39. The molecular formula is C16H21N3S. The van der Waals surface area contributed by atoms with Gasteiger partial charge in [-0.3, -0.25) is 0 Å². The van der Waals surface area contributed by atoms with E-state index in [9.17, 15) is 0 Å². The summed E-state index contributed by atoms with van der Waals surface area (Å²) in [6, 6.07) is 10.6. The summed E-state index contributed by atoms with van der Waals surface area (Å²) < 4.78 is 2.11. The van der Waals surface area contributed by atoms with Crippen molar-refractivity contribution in [2.75, 3.05) is 0 Å². The van der Waals surface area contributed by atoms with Crippen LogP contribution >= 0.6 is 11.8 Å². The van der Waals surface area contributed by atoms with Crippen LogP contribution in [0.2, 0.25) is 0 Å². The van der Waals surface area contributed by atoms with Crippen LogP contribution < -0.4 is 0 Å². The van der Waals surface area contributed by atoms with Crippen molar-refractivity contribution in [3.05, 3.63) is 54.4 Å². The molecule has 106 valence electrons. The summed E-state index contributed by atoms with van der Waals surface area (Å²) in [5, 5.41) is 9.91. The van der Waals surface area contributed by atoms with Crippen molar-refractivity contribution in [3.63, 3.8) is 0 Å². The summed E-state index contributed by atoms with van der Waals surface area (Å²) in [4.78, 5) is 0. The van der Waals surface area contributed by atoms with Crippen LogP contribution in [0.25, 0.3) is 0 Å². The van der Waals surface area contributed by atoms with Gasteiger partial charge in [0.2, 0.25) is 0 Å².